The van der Waals surface area contributed by atoms with Crippen LogP contribution in [0.25, 0.3) is 38.1 Å². The summed E-state index contributed by atoms with van der Waals surface area (Å²) in [5.41, 5.74) is 23.2. The first-order valence-corrected chi connectivity index (χ1v) is 21.3. The van der Waals surface area contributed by atoms with Gasteiger partial charge in [-0.2, -0.15) is 5.26 Å². The van der Waals surface area contributed by atoms with Gasteiger partial charge in [0.25, 0.3) is 0 Å². The van der Waals surface area contributed by atoms with Crippen LogP contribution >= 0.6 is 0 Å². The lowest BCUT2D eigenvalue weighted by molar-refractivity contribution is 0.333. The predicted octanol–water partition coefficient (Wildman–Crippen LogP) is 11.8. The largest absolute Gasteiger partial charge is 0.306 e. The summed E-state index contributed by atoms with van der Waals surface area (Å²) >= 11 is 0. The quantitative estimate of drug-likeness (QED) is 0.155. The van der Waals surface area contributed by atoms with Crippen molar-refractivity contribution in [1.82, 2.24) is 9.38 Å². The molecular weight excluding hydrogens is 703 g/mol. The number of aryl methyl sites for hydroxylation is 4. The molecule has 14 rings (SSSR count). The normalized spacial score (nSPS) is 22.2. The number of nitriles is 1. The molecule has 276 valence electrons. The van der Waals surface area contributed by atoms with Crippen LogP contribution in [0.3, 0.4) is 0 Å². The fourth-order valence-corrected chi connectivity index (χ4v) is 13.8. The lowest BCUT2D eigenvalue weighted by atomic mass is 9.43. The van der Waals surface area contributed by atoms with E-state index in [4.69, 9.17) is 4.98 Å². The SMILES string of the molecule is CC1(C)c2ccccc2C(C)(C)c2c1ncc1c2c2c3cc(c4c5c6c(c(C#N)cc5n1c42)C1c2ccccc2C12c1ccccc1C62)CCc1cccc(c1)CC3. The van der Waals surface area contributed by atoms with Crippen molar-refractivity contribution in [2.45, 2.75) is 81.5 Å². The first-order chi connectivity index (χ1) is 28.3. The molecule has 3 unspecified atom stereocenters. The molecule has 0 amide bonds. The van der Waals surface area contributed by atoms with Crippen LogP contribution in [-0.2, 0) is 41.9 Å². The molecule has 3 aromatic heterocycles. The third kappa shape index (κ3) is 3.29. The van der Waals surface area contributed by atoms with Gasteiger partial charge in [-0.1, -0.05) is 131 Å². The zero-order valence-corrected chi connectivity index (χ0v) is 33.3. The van der Waals surface area contributed by atoms with Crippen LogP contribution in [0, 0.1) is 11.3 Å². The van der Waals surface area contributed by atoms with Crippen LogP contribution < -0.4 is 0 Å². The maximum absolute atomic E-state index is 11.3. The van der Waals surface area contributed by atoms with Crippen LogP contribution in [0.4, 0.5) is 0 Å². The third-order valence-corrected chi connectivity index (χ3v) is 16.0. The number of pyridine rings is 1. The first kappa shape index (κ1) is 31.8. The van der Waals surface area contributed by atoms with Crippen molar-refractivity contribution >= 4 is 38.1 Å². The molecule has 0 N–H and O–H groups in total. The maximum atomic E-state index is 11.3. The van der Waals surface area contributed by atoms with Gasteiger partial charge in [-0.25, -0.2) is 0 Å². The number of benzene rings is 6. The van der Waals surface area contributed by atoms with Crippen molar-refractivity contribution < 1.29 is 0 Å². The highest BCUT2D eigenvalue weighted by Gasteiger charge is 2.70. The van der Waals surface area contributed by atoms with Crippen molar-refractivity contribution in [1.29, 1.82) is 5.26 Å². The van der Waals surface area contributed by atoms with Gasteiger partial charge in [0.2, 0.25) is 0 Å². The molecule has 0 radical (unpaired) electrons. The number of rotatable bonds is 0. The van der Waals surface area contributed by atoms with Gasteiger partial charge in [-0.15, -0.1) is 0 Å². The number of fused-ring (bicyclic) bond motifs is 23. The highest BCUT2D eigenvalue weighted by molar-refractivity contribution is 6.27. The molecule has 0 saturated heterocycles. The highest BCUT2D eigenvalue weighted by Crippen LogP contribution is 2.78. The van der Waals surface area contributed by atoms with Crippen molar-refractivity contribution in [2.24, 2.45) is 0 Å². The second-order valence-corrected chi connectivity index (χ2v) is 19.2. The van der Waals surface area contributed by atoms with E-state index in [0.29, 0.717) is 0 Å². The van der Waals surface area contributed by atoms with Gasteiger partial charge in [-0.3, -0.25) is 4.98 Å². The summed E-state index contributed by atoms with van der Waals surface area (Å²) in [5.74, 6) is 0.385. The summed E-state index contributed by atoms with van der Waals surface area (Å²) in [7, 11) is 0. The second kappa shape index (κ2) is 10.1. The van der Waals surface area contributed by atoms with Crippen molar-refractivity contribution in [2.75, 3.05) is 0 Å². The van der Waals surface area contributed by atoms with Crippen molar-refractivity contribution in [3.05, 3.63) is 199 Å². The molecule has 9 aromatic rings. The van der Waals surface area contributed by atoms with E-state index >= 15 is 0 Å². The van der Waals surface area contributed by atoms with Crippen molar-refractivity contribution in [3.8, 4) is 6.07 Å². The monoisotopic (exact) mass is 743 g/mol. The summed E-state index contributed by atoms with van der Waals surface area (Å²) in [5, 5.41) is 16.8. The molecule has 0 aliphatic heterocycles. The van der Waals surface area contributed by atoms with Gasteiger partial charge in [0, 0.05) is 49.6 Å². The zero-order chi connectivity index (χ0) is 38.6. The molecule has 3 nitrogen and oxygen atoms in total. The Kier molecular flexibility index (Phi) is 5.52. The summed E-state index contributed by atoms with van der Waals surface area (Å²) in [4.78, 5) is 5.53. The van der Waals surface area contributed by atoms with E-state index in [1.54, 1.807) is 0 Å². The van der Waals surface area contributed by atoms with Gasteiger partial charge < -0.3 is 4.40 Å². The molecule has 1 spiro atoms. The predicted molar refractivity (Wildman–Crippen MR) is 233 cm³/mol. The van der Waals surface area contributed by atoms with Crippen molar-refractivity contribution in [3.63, 3.8) is 0 Å². The minimum Gasteiger partial charge on any atom is -0.306 e. The Morgan fingerprint density at radius 1 is 0.586 bits per heavy atom. The molecule has 5 aliphatic carbocycles. The van der Waals surface area contributed by atoms with Crippen LogP contribution in [0.5, 0.6) is 0 Å². The summed E-state index contributed by atoms with van der Waals surface area (Å²) in [6, 6.07) is 44.4. The van der Waals surface area contributed by atoms with Crippen LogP contribution in [0.2, 0.25) is 0 Å². The maximum Gasteiger partial charge on any atom is 0.0995 e. The summed E-state index contributed by atoms with van der Waals surface area (Å²) < 4.78 is 2.58. The molecule has 5 aliphatic rings. The zero-order valence-electron chi connectivity index (χ0n) is 33.3. The van der Waals surface area contributed by atoms with E-state index < -0.39 is 0 Å². The minimum atomic E-state index is -0.270. The average Bonchev–Trinajstić information content (AvgIpc) is 3.82. The van der Waals surface area contributed by atoms with E-state index in [1.165, 1.54) is 116 Å². The van der Waals surface area contributed by atoms with E-state index in [-0.39, 0.29) is 28.1 Å². The number of aromatic nitrogens is 2. The first-order valence-electron chi connectivity index (χ1n) is 21.3. The molecule has 3 heteroatoms. The van der Waals surface area contributed by atoms with Crippen LogP contribution in [0.1, 0.15) is 123 Å². The Morgan fingerprint density at radius 3 is 1.83 bits per heavy atom. The molecule has 6 aromatic carbocycles. The molecule has 3 heterocycles. The topological polar surface area (TPSA) is 41.1 Å². The van der Waals surface area contributed by atoms with Crippen LogP contribution in [-0.4, -0.2) is 9.38 Å². The lowest BCUT2D eigenvalue weighted by Crippen LogP contribution is -2.52. The van der Waals surface area contributed by atoms with Gasteiger partial charge in [-0.05, 0) is 104 Å². The van der Waals surface area contributed by atoms with E-state index in [2.05, 4.69) is 154 Å². The molecule has 3 atom stereocenters. The second-order valence-electron chi connectivity index (χ2n) is 19.2. The molecule has 58 heavy (non-hydrogen) atoms. The van der Waals surface area contributed by atoms with Gasteiger partial charge in [0.05, 0.1) is 40.1 Å². The molecule has 4 bridgehead atoms. The highest BCUT2D eigenvalue weighted by atomic mass is 14.9. The average molecular weight is 744 g/mol. The van der Waals surface area contributed by atoms with E-state index in [1.807, 2.05) is 0 Å². The number of nitrogens with zero attached hydrogens (tertiary/aromatic N) is 3. The molecule has 0 fully saturated rings. The number of hydrogen-bond acceptors (Lipinski definition) is 2. The molecular formula is C55H41N3. The lowest BCUT2D eigenvalue weighted by Gasteiger charge is -2.58. The van der Waals surface area contributed by atoms with Gasteiger partial charge in [0.1, 0.15) is 0 Å². The van der Waals surface area contributed by atoms with Crippen LogP contribution in [0.15, 0.2) is 115 Å². The van der Waals surface area contributed by atoms with Gasteiger partial charge >= 0.3 is 0 Å². The fourth-order valence-electron chi connectivity index (χ4n) is 13.8. The fraction of sp³-hybridized carbons (Fsp3) is 0.236. The Hall–Kier alpha value is -6.24. The minimum absolute atomic E-state index is 0.125. The Morgan fingerprint density at radius 2 is 1.17 bits per heavy atom. The third-order valence-electron chi connectivity index (χ3n) is 16.0. The van der Waals surface area contributed by atoms with Gasteiger partial charge in [0.15, 0.2) is 0 Å². The Labute approximate surface area is 337 Å². The Balaban J connectivity index is 1.19. The Bertz CT molecular complexity index is 3440. The summed E-state index contributed by atoms with van der Waals surface area (Å²) in [6.07, 6.45) is 6.14. The smallest absolute Gasteiger partial charge is 0.0995 e. The standard InChI is InChI=1S/C55H41N3/c1-53(2)38-18-9-10-19-39(38)54(3,4)52-50(53)46-41(28-57-52)58-40-26-33(27-56)42-47(49-35-15-6-8-17-37(35)55(49)36-16-7-5-14-34(36)48(42)55)45(40)43-31-22-20-29-12-11-13-30(24-29)21-23-32(25-31)44(46)51(43)58/h5-19,24-26,28,48-49H,20-23H2,1-4H3. The molecule has 0 saturated carbocycles. The van der Waals surface area contributed by atoms with E-state index in [0.717, 1.165) is 31.2 Å². The number of hydrogen-bond donors (Lipinski definition) is 0. The van der Waals surface area contributed by atoms with E-state index in [9.17, 15) is 5.26 Å². The summed E-state index contributed by atoms with van der Waals surface area (Å²) in [6.45, 7) is 9.57.